The Kier molecular flexibility index (Phi) is 3.23. The molecule has 1 fully saturated rings. The summed E-state index contributed by atoms with van der Waals surface area (Å²) in [7, 11) is 0. The predicted octanol–water partition coefficient (Wildman–Crippen LogP) is 4.12. The summed E-state index contributed by atoms with van der Waals surface area (Å²) in [6.45, 7) is 1.91. The minimum Gasteiger partial charge on any atom is -0.457 e. The van der Waals surface area contributed by atoms with E-state index in [1.807, 2.05) is 49.4 Å². The fourth-order valence-electron chi connectivity index (χ4n) is 3.51. The maximum atomic E-state index is 12.5. The lowest BCUT2D eigenvalue weighted by Crippen LogP contribution is -2.24. The Labute approximate surface area is 129 Å². The van der Waals surface area contributed by atoms with Crippen LogP contribution >= 0.6 is 0 Å². The Morgan fingerprint density at radius 2 is 1.77 bits per heavy atom. The average molecular weight is 294 g/mol. The second-order valence-corrected chi connectivity index (χ2v) is 6.01. The van der Waals surface area contributed by atoms with E-state index in [1.54, 1.807) is 0 Å². The second-order valence-electron chi connectivity index (χ2n) is 6.01. The van der Waals surface area contributed by atoms with Gasteiger partial charge in [0, 0.05) is 0 Å². The van der Waals surface area contributed by atoms with Crippen LogP contribution in [0.1, 0.15) is 48.3 Å². The van der Waals surface area contributed by atoms with Crippen LogP contribution in [0.5, 0.6) is 0 Å². The first kappa shape index (κ1) is 13.5. The third-order valence-electron chi connectivity index (χ3n) is 4.66. The van der Waals surface area contributed by atoms with Crippen molar-refractivity contribution in [1.82, 2.24) is 0 Å². The molecule has 0 spiro atoms. The van der Waals surface area contributed by atoms with Gasteiger partial charge in [-0.3, -0.25) is 4.79 Å². The van der Waals surface area contributed by atoms with Crippen molar-refractivity contribution >= 4 is 5.97 Å². The smallest absolute Gasteiger partial charge is 0.312 e. The number of fused-ring (bicyclic) bond motifs is 5. The van der Waals surface area contributed by atoms with Gasteiger partial charge in [-0.2, -0.15) is 0 Å². The topological polar surface area (TPSA) is 35.5 Å². The van der Waals surface area contributed by atoms with E-state index >= 15 is 0 Å². The molecule has 0 aromatic heterocycles. The van der Waals surface area contributed by atoms with Gasteiger partial charge in [-0.05, 0) is 30.0 Å². The van der Waals surface area contributed by atoms with Gasteiger partial charge in [0.25, 0.3) is 0 Å². The number of ether oxygens (including phenoxy) is 2. The van der Waals surface area contributed by atoms with Gasteiger partial charge >= 0.3 is 5.97 Å². The van der Waals surface area contributed by atoms with E-state index in [-0.39, 0.29) is 30.2 Å². The van der Waals surface area contributed by atoms with Gasteiger partial charge in [0.2, 0.25) is 0 Å². The van der Waals surface area contributed by atoms with Gasteiger partial charge in [-0.15, -0.1) is 0 Å². The monoisotopic (exact) mass is 294 g/mol. The zero-order valence-corrected chi connectivity index (χ0v) is 12.4. The minimum absolute atomic E-state index is 0.0470. The number of esters is 1. The summed E-state index contributed by atoms with van der Waals surface area (Å²) in [5.74, 6) is -0.343. The molecule has 1 saturated heterocycles. The van der Waals surface area contributed by atoms with Crippen LogP contribution in [0.3, 0.4) is 0 Å². The van der Waals surface area contributed by atoms with Crippen LogP contribution in [0.15, 0.2) is 54.6 Å². The molecule has 4 rings (SSSR count). The molecule has 2 heterocycles. The van der Waals surface area contributed by atoms with E-state index < -0.39 is 0 Å². The molecule has 2 aromatic carbocycles. The largest absolute Gasteiger partial charge is 0.457 e. The zero-order valence-electron chi connectivity index (χ0n) is 12.4. The van der Waals surface area contributed by atoms with E-state index in [1.165, 1.54) is 5.56 Å². The fraction of sp³-hybridized carbons (Fsp3) is 0.316. The predicted molar refractivity (Wildman–Crippen MR) is 82.1 cm³/mol. The molecule has 0 aliphatic carbocycles. The Bertz CT molecular complexity index is 695. The van der Waals surface area contributed by atoms with Crippen molar-refractivity contribution in [2.45, 2.75) is 31.7 Å². The molecule has 4 atom stereocenters. The highest BCUT2D eigenvalue weighted by atomic mass is 16.6. The second kappa shape index (κ2) is 5.25. The molecular weight excluding hydrogens is 276 g/mol. The zero-order chi connectivity index (χ0) is 15.1. The summed E-state index contributed by atoms with van der Waals surface area (Å²) in [5, 5.41) is 0. The van der Waals surface area contributed by atoms with Gasteiger partial charge in [-0.25, -0.2) is 0 Å². The molecule has 3 nitrogen and oxygen atoms in total. The number of hydrogen-bond donors (Lipinski definition) is 0. The highest BCUT2D eigenvalue weighted by molar-refractivity contribution is 5.75. The van der Waals surface area contributed by atoms with Crippen molar-refractivity contribution in [3.8, 4) is 0 Å². The Balaban J connectivity index is 1.49. The molecule has 2 bridgehead atoms. The van der Waals surface area contributed by atoms with Crippen LogP contribution in [0.2, 0.25) is 0 Å². The molecular formula is C19H18O3. The van der Waals surface area contributed by atoms with Crippen molar-refractivity contribution in [3.05, 3.63) is 71.3 Å². The fourth-order valence-corrected chi connectivity index (χ4v) is 3.51. The van der Waals surface area contributed by atoms with E-state index in [2.05, 4.69) is 12.1 Å². The first-order chi connectivity index (χ1) is 10.7. The van der Waals surface area contributed by atoms with Crippen LogP contribution in [0, 0.1) is 5.92 Å². The lowest BCUT2D eigenvalue weighted by molar-refractivity contribution is -0.155. The Morgan fingerprint density at radius 1 is 1.09 bits per heavy atom. The number of hydrogen-bond acceptors (Lipinski definition) is 3. The summed E-state index contributed by atoms with van der Waals surface area (Å²) in [5.41, 5.74) is 3.39. The van der Waals surface area contributed by atoms with Gasteiger partial charge in [0.05, 0.1) is 18.1 Å². The number of carbonyl (C=O) groups is 1. The van der Waals surface area contributed by atoms with E-state index in [0.717, 1.165) is 17.5 Å². The third-order valence-corrected chi connectivity index (χ3v) is 4.66. The molecule has 2 aliphatic heterocycles. The van der Waals surface area contributed by atoms with Gasteiger partial charge in [0.15, 0.2) is 0 Å². The van der Waals surface area contributed by atoms with Crippen LogP contribution in [-0.4, -0.2) is 5.97 Å². The third kappa shape index (κ3) is 2.13. The molecule has 1 unspecified atom stereocenters. The van der Waals surface area contributed by atoms with Gasteiger partial charge < -0.3 is 9.47 Å². The molecule has 0 amide bonds. The highest BCUT2D eigenvalue weighted by Gasteiger charge is 2.49. The van der Waals surface area contributed by atoms with E-state index in [4.69, 9.17) is 9.47 Å². The summed E-state index contributed by atoms with van der Waals surface area (Å²) in [4.78, 5) is 12.5. The minimum atomic E-state index is -0.233. The van der Waals surface area contributed by atoms with Crippen molar-refractivity contribution in [1.29, 1.82) is 0 Å². The maximum Gasteiger partial charge on any atom is 0.312 e. The summed E-state index contributed by atoms with van der Waals surface area (Å²) >= 11 is 0. The molecule has 112 valence electrons. The Hall–Kier alpha value is -2.13. The maximum absolute atomic E-state index is 12.5. The van der Waals surface area contributed by atoms with Gasteiger partial charge in [-0.1, -0.05) is 54.6 Å². The molecule has 2 aliphatic rings. The molecule has 0 radical (unpaired) electrons. The SMILES string of the molecule is C[C@@H](OC(=O)C1C[C@H]2O[C@@H]1c1ccccc12)c1ccccc1. The molecule has 0 saturated carbocycles. The van der Waals surface area contributed by atoms with Crippen LogP contribution in [-0.2, 0) is 14.3 Å². The summed E-state index contributed by atoms with van der Waals surface area (Å²) in [6.07, 6.45) is 0.396. The first-order valence-electron chi connectivity index (χ1n) is 7.74. The van der Waals surface area contributed by atoms with Crippen LogP contribution < -0.4 is 0 Å². The lowest BCUT2D eigenvalue weighted by Gasteiger charge is -2.22. The van der Waals surface area contributed by atoms with Gasteiger partial charge in [0.1, 0.15) is 6.10 Å². The Morgan fingerprint density at radius 3 is 2.55 bits per heavy atom. The molecule has 3 heteroatoms. The standard InChI is InChI=1S/C19H18O3/c1-12(13-7-3-2-4-8-13)21-19(20)16-11-17-14-9-5-6-10-15(14)18(16)22-17/h2-10,12,16-18H,11H2,1H3/t12-,16?,17-,18-/m1/s1. The van der Waals surface area contributed by atoms with Crippen molar-refractivity contribution in [2.24, 2.45) is 5.92 Å². The first-order valence-corrected chi connectivity index (χ1v) is 7.74. The van der Waals surface area contributed by atoms with E-state index in [9.17, 15) is 4.79 Å². The molecule has 22 heavy (non-hydrogen) atoms. The van der Waals surface area contributed by atoms with Crippen LogP contribution in [0.25, 0.3) is 0 Å². The number of rotatable bonds is 3. The van der Waals surface area contributed by atoms with Crippen molar-refractivity contribution < 1.29 is 14.3 Å². The normalized spacial score (nSPS) is 26.5. The quantitative estimate of drug-likeness (QED) is 0.799. The molecule has 0 N–H and O–H groups in total. The lowest BCUT2D eigenvalue weighted by atomic mass is 9.84. The van der Waals surface area contributed by atoms with Crippen molar-refractivity contribution in [3.63, 3.8) is 0 Å². The number of benzene rings is 2. The summed E-state index contributed by atoms with van der Waals surface area (Å²) < 4.78 is 11.6. The molecule has 2 aromatic rings. The van der Waals surface area contributed by atoms with Crippen molar-refractivity contribution in [2.75, 3.05) is 0 Å². The number of carbonyl (C=O) groups excluding carboxylic acids is 1. The average Bonchev–Trinajstić information content (AvgIpc) is 3.15. The van der Waals surface area contributed by atoms with Crippen LogP contribution in [0.4, 0.5) is 0 Å². The van der Waals surface area contributed by atoms with E-state index in [0.29, 0.717) is 0 Å². The highest BCUT2D eigenvalue weighted by Crippen LogP contribution is 2.54. The summed E-state index contributed by atoms with van der Waals surface area (Å²) in [6, 6.07) is 18.0.